The molecule has 0 saturated heterocycles. The van der Waals surface area contributed by atoms with Gasteiger partial charge in [0.2, 0.25) is 0 Å². The van der Waals surface area contributed by atoms with Crippen molar-refractivity contribution in [1.82, 2.24) is 10.3 Å². The molecule has 0 saturated carbocycles. The van der Waals surface area contributed by atoms with E-state index in [9.17, 15) is 0 Å². The van der Waals surface area contributed by atoms with Crippen molar-refractivity contribution in [3.05, 3.63) is 53.3 Å². The number of nitrogens with one attached hydrogen (secondary N) is 1. The molecule has 0 aliphatic rings. The van der Waals surface area contributed by atoms with Gasteiger partial charge in [-0.05, 0) is 57.1 Å². The Morgan fingerprint density at radius 1 is 1.16 bits per heavy atom. The molecule has 2 nitrogen and oxygen atoms in total. The molecule has 1 aromatic carbocycles. The molecule has 1 aromatic heterocycles. The van der Waals surface area contributed by atoms with Crippen molar-refractivity contribution in [1.29, 1.82) is 0 Å². The summed E-state index contributed by atoms with van der Waals surface area (Å²) in [6.45, 7) is 6.38. The zero-order valence-electron chi connectivity index (χ0n) is 11.9. The Morgan fingerprint density at radius 3 is 2.58 bits per heavy atom. The summed E-state index contributed by atoms with van der Waals surface area (Å²) in [5, 5.41) is 3.20. The van der Waals surface area contributed by atoms with Gasteiger partial charge in [0, 0.05) is 22.0 Å². The lowest BCUT2D eigenvalue weighted by molar-refractivity contribution is 0.631. The second-order valence-electron chi connectivity index (χ2n) is 4.80. The SMILES string of the molecule is CNC(C)c1ccc(Sc2cc(C)ccc2C)cn1. The van der Waals surface area contributed by atoms with E-state index in [1.165, 1.54) is 20.9 Å². The minimum absolute atomic E-state index is 0.291. The zero-order valence-corrected chi connectivity index (χ0v) is 12.7. The summed E-state index contributed by atoms with van der Waals surface area (Å²) in [5.41, 5.74) is 3.68. The number of aryl methyl sites for hydroxylation is 2. The fourth-order valence-corrected chi connectivity index (χ4v) is 2.77. The first-order valence-electron chi connectivity index (χ1n) is 6.48. The fraction of sp³-hybridized carbons (Fsp3) is 0.312. The van der Waals surface area contributed by atoms with E-state index < -0.39 is 0 Å². The number of nitrogens with zero attached hydrogens (tertiary/aromatic N) is 1. The zero-order chi connectivity index (χ0) is 13.8. The molecule has 0 aliphatic heterocycles. The lowest BCUT2D eigenvalue weighted by Crippen LogP contribution is -2.13. The summed E-state index contributed by atoms with van der Waals surface area (Å²) in [7, 11) is 1.95. The Labute approximate surface area is 119 Å². The first-order valence-corrected chi connectivity index (χ1v) is 7.30. The lowest BCUT2D eigenvalue weighted by Gasteiger charge is -2.10. The van der Waals surface area contributed by atoms with Gasteiger partial charge >= 0.3 is 0 Å². The van der Waals surface area contributed by atoms with Crippen LogP contribution in [-0.4, -0.2) is 12.0 Å². The van der Waals surface area contributed by atoms with Crippen molar-refractivity contribution in [3.63, 3.8) is 0 Å². The van der Waals surface area contributed by atoms with E-state index in [1.54, 1.807) is 11.8 Å². The predicted molar refractivity (Wildman–Crippen MR) is 81.8 cm³/mol. The summed E-state index contributed by atoms with van der Waals surface area (Å²) in [4.78, 5) is 7.00. The Balaban J connectivity index is 2.17. The number of benzene rings is 1. The van der Waals surface area contributed by atoms with Crippen molar-refractivity contribution in [2.24, 2.45) is 0 Å². The molecule has 2 rings (SSSR count). The molecule has 100 valence electrons. The highest BCUT2D eigenvalue weighted by molar-refractivity contribution is 7.99. The van der Waals surface area contributed by atoms with Gasteiger partial charge in [-0.25, -0.2) is 0 Å². The van der Waals surface area contributed by atoms with Gasteiger partial charge in [0.25, 0.3) is 0 Å². The maximum absolute atomic E-state index is 4.51. The second kappa shape index (κ2) is 6.22. The highest BCUT2D eigenvalue weighted by atomic mass is 32.2. The highest BCUT2D eigenvalue weighted by Gasteiger charge is 2.05. The van der Waals surface area contributed by atoms with Gasteiger partial charge in [-0.15, -0.1) is 0 Å². The smallest absolute Gasteiger partial charge is 0.0571 e. The van der Waals surface area contributed by atoms with Crippen LogP contribution in [0.2, 0.25) is 0 Å². The van der Waals surface area contributed by atoms with Crippen LogP contribution in [0.3, 0.4) is 0 Å². The topological polar surface area (TPSA) is 24.9 Å². The second-order valence-corrected chi connectivity index (χ2v) is 5.92. The Kier molecular flexibility index (Phi) is 4.61. The molecule has 3 heteroatoms. The van der Waals surface area contributed by atoms with Crippen LogP contribution in [0.4, 0.5) is 0 Å². The molecule has 0 fully saturated rings. The Bertz CT molecular complexity index is 549. The molecule has 1 atom stereocenters. The van der Waals surface area contributed by atoms with Gasteiger partial charge in [0.05, 0.1) is 5.69 Å². The van der Waals surface area contributed by atoms with Gasteiger partial charge < -0.3 is 5.32 Å². The third-order valence-electron chi connectivity index (χ3n) is 3.21. The van der Waals surface area contributed by atoms with Crippen LogP contribution in [0.15, 0.2) is 46.3 Å². The Morgan fingerprint density at radius 2 is 1.95 bits per heavy atom. The first-order chi connectivity index (χ1) is 9.10. The van der Waals surface area contributed by atoms with E-state index in [-0.39, 0.29) is 0 Å². The molecule has 0 spiro atoms. The molecule has 0 bridgehead atoms. The first kappa shape index (κ1) is 14.1. The summed E-state index contributed by atoms with van der Waals surface area (Å²) >= 11 is 1.77. The molecule has 2 aromatic rings. The van der Waals surface area contributed by atoms with Crippen LogP contribution in [0.25, 0.3) is 0 Å². The third-order valence-corrected chi connectivity index (χ3v) is 4.34. The number of pyridine rings is 1. The van der Waals surface area contributed by atoms with Crippen molar-refractivity contribution in [3.8, 4) is 0 Å². The van der Waals surface area contributed by atoms with Crippen molar-refractivity contribution in [2.75, 3.05) is 7.05 Å². The molecule has 0 aliphatic carbocycles. The fourth-order valence-electron chi connectivity index (χ4n) is 1.80. The van der Waals surface area contributed by atoms with Crippen LogP contribution in [0.5, 0.6) is 0 Å². The van der Waals surface area contributed by atoms with Crippen molar-refractivity contribution < 1.29 is 0 Å². The average molecular weight is 272 g/mol. The minimum Gasteiger partial charge on any atom is -0.312 e. The quantitative estimate of drug-likeness (QED) is 0.906. The van der Waals surface area contributed by atoms with Gasteiger partial charge in [-0.2, -0.15) is 0 Å². The Hall–Kier alpha value is -1.32. The van der Waals surface area contributed by atoms with Gasteiger partial charge in [0.15, 0.2) is 0 Å². The molecule has 1 N–H and O–H groups in total. The summed E-state index contributed by atoms with van der Waals surface area (Å²) in [6.07, 6.45) is 1.95. The number of rotatable bonds is 4. The number of hydrogen-bond acceptors (Lipinski definition) is 3. The van der Waals surface area contributed by atoms with E-state index in [0.29, 0.717) is 6.04 Å². The normalized spacial score (nSPS) is 12.4. The van der Waals surface area contributed by atoms with E-state index in [1.807, 2.05) is 13.2 Å². The van der Waals surface area contributed by atoms with Crippen LogP contribution in [-0.2, 0) is 0 Å². The van der Waals surface area contributed by atoms with Gasteiger partial charge in [-0.1, -0.05) is 23.9 Å². The molecule has 19 heavy (non-hydrogen) atoms. The third kappa shape index (κ3) is 3.58. The van der Waals surface area contributed by atoms with Gasteiger partial charge in [0.1, 0.15) is 0 Å². The monoisotopic (exact) mass is 272 g/mol. The maximum atomic E-state index is 4.51. The molecular weight excluding hydrogens is 252 g/mol. The molecule has 1 unspecified atom stereocenters. The number of hydrogen-bond donors (Lipinski definition) is 1. The van der Waals surface area contributed by atoms with E-state index >= 15 is 0 Å². The van der Waals surface area contributed by atoms with Crippen LogP contribution in [0.1, 0.15) is 29.8 Å². The standard InChI is InChI=1S/C16H20N2S/c1-11-5-6-12(2)16(9-11)19-14-7-8-15(18-10-14)13(3)17-4/h5-10,13,17H,1-4H3. The van der Waals surface area contributed by atoms with Crippen molar-refractivity contribution in [2.45, 2.75) is 36.6 Å². The molecule has 0 amide bonds. The predicted octanol–water partition coefficient (Wildman–Crippen LogP) is 4.13. The lowest BCUT2D eigenvalue weighted by atomic mass is 10.2. The summed E-state index contributed by atoms with van der Waals surface area (Å²) in [6, 6.07) is 11.1. The van der Waals surface area contributed by atoms with Crippen LogP contribution in [0, 0.1) is 13.8 Å². The molecule has 1 heterocycles. The minimum atomic E-state index is 0.291. The van der Waals surface area contributed by atoms with Crippen LogP contribution >= 0.6 is 11.8 Å². The van der Waals surface area contributed by atoms with E-state index in [4.69, 9.17) is 0 Å². The van der Waals surface area contributed by atoms with E-state index in [0.717, 1.165) is 5.69 Å². The van der Waals surface area contributed by atoms with E-state index in [2.05, 4.69) is 61.4 Å². The summed E-state index contributed by atoms with van der Waals surface area (Å²) in [5.74, 6) is 0. The summed E-state index contributed by atoms with van der Waals surface area (Å²) < 4.78 is 0. The van der Waals surface area contributed by atoms with Crippen LogP contribution < -0.4 is 5.32 Å². The number of aromatic nitrogens is 1. The molecule has 0 radical (unpaired) electrons. The largest absolute Gasteiger partial charge is 0.312 e. The van der Waals surface area contributed by atoms with Crippen molar-refractivity contribution >= 4 is 11.8 Å². The average Bonchev–Trinajstić information content (AvgIpc) is 2.43. The highest BCUT2D eigenvalue weighted by Crippen LogP contribution is 2.30. The van der Waals surface area contributed by atoms with Gasteiger partial charge in [-0.3, -0.25) is 4.98 Å². The maximum Gasteiger partial charge on any atom is 0.0571 e. The molecular formula is C16H20N2S.